The molecule has 2 N–H and O–H groups in total. The molecule has 1 saturated carbocycles. The molecular weight excluding hydrogens is 212 g/mol. The van der Waals surface area contributed by atoms with E-state index in [9.17, 15) is 4.79 Å². The zero-order valence-electron chi connectivity index (χ0n) is 9.78. The van der Waals surface area contributed by atoms with Gasteiger partial charge in [0.05, 0.1) is 5.56 Å². The molecule has 1 heterocycles. The molecular formula is C14H16N2O. The second-order valence-corrected chi connectivity index (χ2v) is 5.02. The SMILES string of the molecule is C=CCN1CC2(CC2)c2cccc(N)c2C1=O. The maximum atomic E-state index is 12.3. The van der Waals surface area contributed by atoms with E-state index in [1.54, 1.807) is 6.08 Å². The molecule has 1 aliphatic carbocycles. The maximum absolute atomic E-state index is 12.3. The minimum absolute atomic E-state index is 0.0514. The number of anilines is 1. The Morgan fingerprint density at radius 1 is 1.47 bits per heavy atom. The van der Waals surface area contributed by atoms with Crippen molar-refractivity contribution in [3.05, 3.63) is 42.0 Å². The molecule has 3 nitrogen and oxygen atoms in total. The van der Waals surface area contributed by atoms with Gasteiger partial charge in [-0.1, -0.05) is 18.2 Å². The lowest BCUT2D eigenvalue weighted by atomic mass is 9.85. The lowest BCUT2D eigenvalue weighted by molar-refractivity contribution is 0.0735. The van der Waals surface area contributed by atoms with Crippen LogP contribution < -0.4 is 5.73 Å². The summed E-state index contributed by atoms with van der Waals surface area (Å²) in [7, 11) is 0. The molecule has 17 heavy (non-hydrogen) atoms. The second-order valence-electron chi connectivity index (χ2n) is 5.02. The highest BCUT2D eigenvalue weighted by Crippen LogP contribution is 2.53. The average molecular weight is 228 g/mol. The molecule has 0 bridgehead atoms. The Labute approximate surface area is 101 Å². The topological polar surface area (TPSA) is 46.3 Å². The Hall–Kier alpha value is -1.77. The fraction of sp³-hybridized carbons (Fsp3) is 0.357. The molecule has 1 aromatic carbocycles. The number of carbonyl (C=O) groups is 1. The molecule has 0 unspecified atom stereocenters. The van der Waals surface area contributed by atoms with E-state index in [0.29, 0.717) is 12.2 Å². The molecule has 1 aromatic rings. The molecule has 0 atom stereocenters. The number of rotatable bonds is 2. The first kappa shape index (κ1) is 10.4. The number of nitrogens with zero attached hydrogens (tertiary/aromatic N) is 1. The molecule has 1 spiro atoms. The number of benzene rings is 1. The van der Waals surface area contributed by atoms with Crippen LogP contribution in [-0.4, -0.2) is 23.9 Å². The van der Waals surface area contributed by atoms with Crippen molar-refractivity contribution in [1.82, 2.24) is 4.90 Å². The highest BCUT2D eigenvalue weighted by Gasteiger charge is 2.51. The van der Waals surface area contributed by atoms with Gasteiger partial charge in [-0.3, -0.25) is 4.79 Å². The first-order valence-electron chi connectivity index (χ1n) is 5.97. The lowest BCUT2D eigenvalue weighted by Gasteiger charge is -2.34. The monoisotopic (exact) mass is 228 g/mol. The second kappa shape index (κ2) is 3.36. The van der Waals surface area contributed by atoms with Gasteiger partial charge in [-0.05, 0) is 24.5 Å². The molecule has 1 fully saturated rings. The van der Waals surface area contributed by atoms with Crippen LogP contribution in [-0.2, 0) is 5.41 Å². The summed E-state index contributed by atoms with van der Waals surface area (Å²) in [6, 6.07) is 5.82. The number of hydrogen-bond donors (Lipinski definition) is 1. The smallest absolute Gasteiger partial charge is 0.256 e. The molecule has 1 amide bonds. The van der Waals surface area contributed by atoms with Crippen LogP contribution in [0, 0.1) is 0 Å². The summed E-state index contributed by atoms with van der Waals surface area (Å²) in [5.74, 6) is 0.0514. The highest BCUT2D eigenvalue weighted by molar-refractivity contribution is 6.02. The van der Waals surface area contributed by atoms with Gasteiger partial charge in [0.2, 0.25) is 0 Å². The third-order valence-corrected chi connectivity index (χ3v) is 3.87. The van der Waals surface area contributed by atoms with E-state index in [1.165, 1.54) is 0 Å². The van der Waals surface area contributed by atoms with Crippen molar-refractivity contribution in [3.63, 3.8) is 0 Å². The number of nitrogens with two attached hydrogens (primary N) is 1. The Balaban J connectivity index is 2.13. The van der Waals surface area contributed by atoms with Gasteiger partial charge in [0.25, 0.3) is 5.91 Å². The van der Waals surface area contributed by atoms with E-state index in [4.69, 9.17) is 5.73 Å². The Morgan fingerprint density at radius 2 is 2.24 bits per heavy atom. The third kappa shape index (κ3) is 1.38. The fourth-order valence-electron chi connectivity index (χ4n) is 2.81. The predicted molar refractivity (Wildman–Crippen MR) is 67.9 cm³/mol. The van der Waals surface area contributed by atoms with Gasteiger partial charge in [0, 0.05) is 24.2 Å². The average Bonchev–Trinajstić information content (AvgIpc) is 3.07. The molecule has 0 saturated heterocycles. The van der Waals surface area contributed by atoms with Crippen molar-refractivity contribution in [2.24, 2.45) is 0 Å². The maximum Gasteiger partial charge on any atom is 0.256 e. The van der Waals surface area contributed by atoms with Gasteiger partial charge in [-0.25, -0.2) is 0 Å². The quantitative estimate of drug-likeness (QED) is 0.621. The van der Waals surface area contributed by atoms with Crippen LogP contribution in [0.3, 0.4) is 0 Å². The van der Waals surface area contributed by atoms with E-state index in [2.05, 4.69) is 12.6 Å². The summed E-state index contributed by atoms with van der Waals surface area (Å²) < 4.78 is 0. The summed E-state index contributed by atoms with van der Waals surface area (Å²) in [5.41, 5.74) is 8.63. The van der Waals surface area contributed by atoms with Crippen molar-refractivity contribution in [2.45, 2.75) is 18.3 Å². The number of nitrogen functional groups attached to an aromatic ring is 1. The predicted octanol–water partition coefficient (Wildman–Crippen LogP) is 1.94. The van der Waals surface area contributed by atoms with E-state index in [0.717, 1.165) is 30.5 Å². The Morgan fingerprint density at radius 3 is 2.88 bits per heavy atom. The van der Waals surface area contributed by atoms with E-state index < -0.39 is 0 Å². The van der Waals surface area contributed by atoms with Crippen LogP contribution in [0.5, 0.6) is 0 Å². The van der Waals surface area contributed by atoms with E-state index in [1.807, 2.05) is 17.0 Å². The number of carbonyl (C=O) groups excluding carboxylic acids is 1. The first-order chi connectivity index (χ1) is 8.18. The van der Waals surface area contributed by atoms with Gasteiger partial charge in [-0.15, -0.1) is 6.58 Å². The summed E-state index contributed by atoms with van der Waals surface area (Å²) in [4.78, 5) is 14.2. The Bertz CT molecular complexity index is 503. The third-order valence-electron chi connectivity index (χ3n) is 3.87. The summed E-state index contributed by atoms with van der Waals surface area (Å²) in [6.07, 6.45) is 4.09. The highest BCUT2D eigenvalue weighted by atomic mass is 16.2. The van der Waals surface area contributed by atoms with Gasteiger partial charge in [0.1, 0.15) is 0 Å². The molecule has 1 aliphatic heterocycles. The summed E-state index contributed by atoms with van der Waals surface area (Å²) >= 11 is 0. The lowest BCUT2D eigenvalue weighted by Crippen LogP contribution is -2.43. The first-order valence-corrected chi connectivity index (χ1v) is 5.97. The van der Waals surface area contributed by atoms with Crippen LogP contribution in [0.1, 0.15) is 28.8 Å². The van der Waals surface area contributed by atoms with Crippen LogP contribution >= 0.6 is 0 Å². The fourth-order valence-corrected chi connectivity index (χ4v) is 2.81. The zero-order valence-corrected chi connectivity index (χ0v) is 9.78. The standard InChI is InChI=1S/C14H16N2O/c1-2-8-16-9-14(6-7-14)10-4-3-5-11(15)12(10)13(16)17/h2-5H,1,6-9,15H2. The Kier molecular flexibility index (Phi) is 2.05. The minimum Gasteiger partial charge on any atom is -0.398 e. The van der Waals surface area contributed by atoms with Gasteiger partial charge in [0.15, 0.2) is 0 Å². The molecule has 0 aromatic heterocycles. The van der Waals surface area contributed by atoms with Crippen molar-refractivity contribution in [1.29, 1.82) is 0 Å². The normalized spacial score (nSPS) is 20.2. The van der Waals surface area contributed by atoms with Gasteiger partial charge in [-0.2, -0.15) is 0 Å². The van der Waals surface area contributed by atoms with Crippen molar-refractivity contribution in [3.8, 4) is 0 Å². The number of fused-ring (bicyclic) bond motifs is 2. The van der Waals surface area contributed by atoms with Crippen LogP contribution in [0.15, 0.2) is 30.9 Å². The van der Waals surface area contributed by atoms with Crippen LogP contribution in [0.25, 0.3) is 0 Å². The molecule has 0 radical (unpaired) electrons. The van der Waals surface area contributed by atoms with Crippen molar-refractivity contribution < 1.29 is 4.79 Å². The number of hydrogen-bond acceptors (Lipinski definition) is 2. The van der Waals surface area contributed by atoms with Crippen molar-refractivity contribution in [2.75, 3.05) is 18.8 Å². The molecule has 2 aliphatic rings. The molecule has 3 rings (SSSR count). The minimum atomic E-state index is 0.0514. The van der Waals surface area contributed by atoms with Gasteiger partial charge < -0.3 is 10.6 Å². The summed E-state index contributed by atoms with van der Waals surface area (Å²) in [5, 5.41) is 0. The van der Waals surface area contributed by atoms with Crippen molar-refractivity contribution >= 4 is 11.6 Å². The zero-order chi connectivity index (χ0) is 12.0. The molecule has 3 heteroatoms. The van der Waals surface area contributed by atoms with Crippen LogP contribution in [0.2, 0.25) is 0 Å². The number of amides is 1. The largest absolute Gasteiger partial charge is 0.398 e. The molecule has 88 valence electrons. The summed E-state index contributed by atoms with van der Waals surface area (Å²) in [6.45, 7) is 5.13. The van der Waals surface area contributed by atoms with E-state index >= 15 is 0 Å². The van der Waals surface area contributed by atoms with Gasteiger partial charge >= 0.3 is 0 Å². The van der Waals surface area contributed by atoms with E-state index in [-0.39, 0.29) is 11.3 Å². The van der Waals surface area contributed by atoms with Crippen LogP contribution in [0.4, 0.5) is 5.69 Å².